The van der Waals surface area contributed by atoms with Gasteiger partial charge < -0.3 is 4.98 Å². The van der Waals surface area contributed by atoms with Crippen LogP contribution in [0.5, 0.6) is 0 Å². The molecule has 0 saturated carbocycles. The lowest BCUT2D eigenvalue weighted by Crippen LogP contribution is -2.29. The molecular weight excluding hydrogens is 294 g/mol. The van der Waals surface area contributed by atoms with Crippen LogP contribution in [0.3, 0.4) is 0 Å². The third-order valence-electron chi connectivity index (χ3n) is 3.78. The highest BCUT2D eigenvalue weighted by molar-refractivity contribution is 6.31. The van der Waals surface area contributed by atoms with Crippen molar-refractivity contribution in [1.29, 1.82) is 5.26 Å². The van der Waals surface area contributed by atoms with Crippen LogP contribution in [-0.4, -0.2) is 9.97 Å². The van der Waals surface area contributed by atoms with Gasteiger partial charge in [0.1, 0.15) is 11.2 Å². The predicted octanol–water partition coefficient (Wildman–Crippen LogP) is 4.12. The Kier molecular flexibility index (Phi) is 3.95. The van der Waals surface area contributed by atoms with Crippen molar-refractivity contribution in [3.8, 4) is 6.07 Å². The molecule has 1 N–H and O–H groups in total. The molecule has 0 radical (unpaired) electrons. The molecule has 0 aliphatic carbocycles. The molecule has 0 aliphatic heterocycles. The molecule has 2 aromatic carbocycles. The molecule has 3 aromatic rings. The maximum Gasteiger partial charge on any atom is 0.116 e. The van der Waals surface area contributed by atoms with Gasteiger partial charge in [0, 0.05) is 23.8 Å². The van der Waals surface area contributed by atoms with E-state index in [4.69, 9.17) is 11.6 Å². The molecule has 0 spiro atoms. The van der Waals surface area contributed by atoms with Gasteiger partial charge in [0.2, 0.25) is 0 Å². The Hall–Kier alpha value is -2.57. The first-order chi connectivity index (χ1) is 10.8. The number of aromatic nitrogens is 2. The monoisotopic (exact) mass is 307 g/mol. The van der Waals surface area contributed by atoms with E-state index in [-0.39, 0.29) is 0 Å². The number of H-pyrrole nitrogens is 1. The molecule has 3 nitrogen and oxygen atoms in total. The van der Waals surface area contributed by atoms with Crippen LogP contribution >= 0.6 is 11.6 Å². The first-order valence-corrected chi connectivity index (χ1v) is 7.34. The second-order valence-corrected chi connectivity index (χ2v) is 5.48. The molecule has 4 heteroatoms. The van der Waals surface area contributed by atoms with Crippen molar-refractivity contribution >= 4 is 11.6 Å². The lowest BCUT2D eigenvalue weighted by molar-refractivity contribution is 0.631. The van der Waals surface area contributed by atoms with Crippen LogP contribution in [0, 0.1) is 11.3 Å². The van der Waals surface area contributed by atoms with Crippen molar-refractivity contribution in [2.45, 2.75) is 11.8 Å². The zero-order chi connectivity index (χ0) is 15.4. The quantitative estimate of drug-likeness (QED) is 0.788. The summed E-state index contributed by atoms with van der Waals surface area (Å²) in [4.78, 5) is 7.36. The van der Waals surface area contributed by atoms with Gasteiger partial charge in [-0.25, -0.2) is 4.98 Å². The fraction of sp³-hybridized carbons (Fsp3) is 0.111. The topological polar surface area (TPSA) is 52.5 Å². The van der Waals surface area contributed by atoms with E-state index in [1.165, 1.54) is 0 Å². The van der Waals surface area contributed by atoms with Crippen LogP contribution in [0.4, 0.5) is 0 Å². The zero-order valence-corrected chi connectivity index (χ0v) is 12.6. The van der Waals surface area contributed by atoms with Gasteiger partial charge in [0.05, 0.1) is 6.07 Å². The Morgan fingerprint density at radius 3 is 2.45 bits per heavy atom. The van der Waals surface area contributed by atoms with Crippen molar-refractivity contribution in [2.75, 3.05) is 0 Å². The summed E-state index contributed by atoms with van der Waals surface area (Å²) >= 11 is 6.40. The number of benzene rings is 2. The highest BCUT2D eigenvalue weighted by atomic mass is 35.5. The summed E-state index contributed by atoms with van der Waals surface area (Å²) in [6.07, 6.45) is 3.88. The van der Waals surface area contributed by atoms with Gasteiger partial charge in [0.15, 0.2) is 0 Å². The van der Waals surface area contributed by atoms with Crippen molar-refractivity contribution in [2.24, 2.45) is 0 Å². The smallest absolute Gasteiger partial charge is 0.116 e. The SMILES string of the molecule is N#CC(Cc1ncc[nH]1)(c1ccccc1)c1ccccc1Cl. The summed E-state index contributed by atoms with van der Waals surface area (Å²) < 4.78 is 0. The van der Waals surface area contributed by atoms with Gasteiger partial charge in [-0.1, -0.05) is 60.1 Å². The number of nitrogens with zero attached hydrogens (tertiary/aromatic N) is 2. The molecule has 1 atom stereocenters. The van der Waals surface area contributed by atoms with Crippen LogP contribution in [-0.2, 0) is 11.8 Å². The van der Waals surface area contributed by atoms with Crippen molar-refractivity contribution in [3.63, 3.8) is 0 Å². The van der Waals surface area contributed by atoms with Gasteiger partial charge in [-0.05, 0) is 17.2 Å². The van der Waals surface area contributed by atoms with Gasteiger partial charge in [-0.3, -0.25) is 0 Å². The maximum atomic E-state index is 10.1. The van der Waals surface area contributed by atoms with Gasteiger partial charge >= 0.3 is 0 Å². The lowest BCUT2D eigenvalue weighted by Gasteiger charge is -2.28. The van der Waals surface area contributed by atoms with E-state index in [1.807, 2.05) is 54.6 Å². The number of nitrogens with one attached hydrogen (secondary N) is 1. The minimum atomic E-state index is -0.878. The number of nitriles is 1. The standard InChI is InChI=1S/C18H14ClN3/c19-16-9-5-4-8-15(16)18(13-20,12-17-21-10-11-22-17)14-6-2-1-3-7-14/h1-11H,12H2,(H,21,22). The minimum absolute atomic E-state index is 0.435. The maximum absolute atomic E-state index is 10.1. The summed E-state index contributed by atoms with van der Waals surface area (Å²) in [6, 6.07) is 19.7. The Labute approximate surface area is 134 Å². The van der Waals surface area contributed by atoms with Gasteiger partial charge in [-0.2, -0.15) is 5.26 Å². The summed E-state index contributed by atoms with van der Waals surface area (Å²) in [5.41, 5.74) is 0.820. The number of imidazole rings is 1. The summed E-state index contributed by atoms with van der Waals surface area (Å²) in [6.45, 7) is 0. The Balaban J connectivity index is 2.21. The van der Waals surface area contributed by atoms with Crippen LogP contribution in [0.15, 0.2) is 67.0 Å². The largest absolute Gasteiger partial charge is 0.349 e. The molecule has 0 bridgehead atoms. The van der Waals surface area contributed by atoms with E-state index in [0.717, 1.165) is 17.0 Å². The molecule has 0 fully saturated rings. The first kappa shape index (κ1) is 14.4. The molecule has 0 aliphatic rings. The zero-order valence-electron chi connectivity index (χ0n) is 11.8. The van der Waals surface area contributed by atoms with Gasteiger partial charge in [0.25, 0.3) is 0 Å². The van der Waals surface area contributed by atoms with Crippen molar-refractivity contribution in [1.82, 2.24) is 9.97 Å². The van der Waals surface area contributed by atoms with Crippen LogP contribution < -0.4 is 0 Å². The Morgan fingerprint density at radius 1 is 1.09 bits per heavy atom. The third kappa shape index (κ3) is 2.49. The average molecular weight is 308 g/mol. The number of hydrogen-bond donors (Lipinski definition) is 1. The van der Waals surface area contributed by atoms with E-state index in [0.29, 0.717) is 11.4 Å². The number of hydrogen-bond acceptors (Lipinski definition) is 2. The van der Waals surface area contributed by atoms with Crippen LogP contribution in [0.25, 0.3) is 0 Å². The van der Waals surface area contributed by atoms with E-state index in [1.54, 1.807) is 12.4 Å². The minimum Gasteiger partial charge on any atom is -0.349 e. The molecule has 1 heterocycles. The van der Waals surface area contributed by atoms with Crippen LogP contribution in [0.2, 0.25) is 5.02 Å². The summed E-state index contributed by atoms with van der Waals surface area (Å²) in [5.74, 6) is 0.755. The highest BCUT2D eigenvalue weighted by Gasteiger charge is 2.37. The fourth-order valence-electron chi connectivity index (χ4n) is 2.69. The molecule has 108 valence electrons. The lowest BCUT2D eigenvalue weighted by atomic mass is 9.73. The van der Waals surface area contributed by atoms with Crippen LogP contribution in [0.1, 0.15) is 17.0 Å². The van der Waals surface area contributed by atoms with E-state index < -0.39 is 5.41 Å². The average Bonchev–Trinajstić information content (AvgIpc) is 3.07. The van der Waals surface area contributed by atoms with Crippen molar-refractivity contribution in [3.05, 3.63) is 89.0 Å². The normalized spacial score (nSPS) is 13.3. The first-order valence-electron chi connectivity index (χ1n) is 6.96. The molecule has 1 unspecified atom stereocenters. The summed E-state index contributed by atoms with van der Waals surface area (Å²) in [5, 5.41) is 10.6. The predicted molar refractivity (Wildman–Crippen MR) is 86.6 cm³/mol. The second kappa shape index (κ2) is 6.05. The highest BCUT2D eigenvalue weighted by Crippen LogP contribution is 2.38. The molecule has 3 rings (SSSR count). The Bertz CT molecular complexity index is 791. The number of rotatable bonds is 4. The molecule has 22 heavy (non-hydrogen) atoms. The summed E-state index contributed by atoms with van der Waals surface area (Å²) in [7, 11) is 0. The number of halogens is 1. The Morgan fingerprint density at radius 2 is 1.82 bits per heavy atom. The molecular formula is C18H14ClN3. The fourth-order valence-corrected chi connectivity index (χ4v) is 2.99. The van der Waals surface area contributed by atoms with E-state index in [2.05, 4.69) is 16.0 Å². The van der Waals surface area contributed by atoms with E-state index >= 15 is 0 Å². The number of aromatic amines is 1. The van der Waals surface area contributed by atoms with Crippen molar-refractivity contribution < 1.29 is 0 Å². The molecule has 0 amide bonds. The second-order valence-electron chi connectivity index (χ2n) is 5.08. The molecule has 1 aromatic heterocycles. The van der Waals surface area contributed by atoms with E-state index in [9.17, 15) is 5.26 Å². The molecule has 0 saturated heterocycles. The third-order valence-corrected chi connectivity index (χ3v) is 4.11. The van der Waals surface area contributed by atoms with Gasteiger partial charge in [-0.15, -0.1) is 0 Å².